The molecule has 3 heterocycles. The van der Waals surface area contributed by atoms with Gasteiger partial charge in [-0.3, -0.25) is 9.59 Å². The van der Waals surface area contributed by atoms with E-state index in [0.29, 0.717) is 31.7 Å². The second-order valence-electron chi connectivity index (χ2n) is 7.93. The number of halogens is 1. The van der Waals surface area contributed by atoms with Gasteiger partial charge in [-0.2, -0.15) is 0 Å². The van der Waals surface area contributed by atoms with Gasteiger partial charge in [-0.05, 0) is 13.0 Å². The fraction of sp³-hybridized carbons (Fsp3) is 0.450. The number of aromatic carboxylic acids is 1. The van der Waals surface area contributed by atoms with Crippen molar-refractivity contribution >= 4 is 28.5 Å². The average Bonchev–Trinajstić information content (AvgIpc) is 2.66. The molecule has 0 spiro atoms. The number of hydrogen-bond acceptors (Lipinski definition) is 6. The molecule has 31 heavy (non-hydrogen) atoms. The van der Waals surface area contributed by atoms with Crippen molar-refractivity contribution in [2.75, 3.05) is 44.7 Å². The van der Waals surface area contributed by atoms with Crippen molar-refractivity contribution in [3.05, 3.63) is 39.1 Å². The van der Waals surface area contributed by atoms with Crippen LogP contribution in [0.4, 0.5) is 10.1 Å². The first-order chi connectivity index (χ1) is 14.4. The van der Waals surface area contributed by atoms with Gasteiger partial charge in [-0.25, -0.2) is 9.18 Å². The van der Waals surface area contributed by atoms with Gasteiger partial charge >= 0.3 is 5.97 Å². The number of ether oxygens (including phenoxy) is 1. The smallest absolute Gasteiger partial charge is 0.341 e. The highest BCUT2D eigenvalue weighted by molar-refractivity contribution is 5.97. The van der Waals surface area contributed by atoms with Crippen LogP contribution in [-0.2, 0) is 4.79 Å². The summed E-state index contributed by atoms with van der Waals surface area (Å²) >= 11 is 0. The zero-order valence-corrected chi connectivity index (χ0v) is 17.4. The molecule has 1 aromatic carbocycles. The van der Waals surface area contributed by atoms with Gasteiger partial charge in [0.1, 0.15) is 17.9 Å². The summed E-state index contributed by atoms with van der Waals surface area (Å²) in [7, 11) is 1.58. The summed E-state index contributed by atoms with van der Waals surface area (Å²) < 4.78 is 22.1. The summed E-state index contributed by atoms with van der Waals surface area (Å²) in [6.07, 6.45) is 1.30. The molecular weight excluding hydrogens is 413 g/mol. The lowest BCUT2D eigenvalue weighted by molar-refractivity contribution is -0.861. The molecule has 11 heteroatoms. The van der Waals surface area contributed by atoms with Crippen molar-refractivity contribution < 1.29 is 33.6 Å². The fourth-order valence-corrected chi connectivity index (χ4v) is 3.77. The number of likely N-dealkylation sites (N-methyl/N-ethyl adjacent to an activating group) is 1. The number of rotatable bonds is 2. The Morgan fingerprint density at radius 1 is 1.29 bits per heavy atom. The van der Waals surface area contributed by atoms with E-state index in [-0.39, 0.29) is 34.1 Å². The number of quaternary nitrogens is 1. The SMILES string of the molecule is CC(=O)O.CC1COc2c(N3CC[N+](C)([O-])CC3)c(F)cc3c(=O)c(C(=O)O)cn1c23. The molecule has 168 valence electrons. The standard InChI is InChI=1S/C18H20FN3O5.C2H4O2/c1-10-9-27-17-14-11(16(23)12(18(24)25)8-21(10)14)7-13(19)15(17)20-3-5-22(2,26)6-4-20;1-2(3)4/h7-8,10H,3-6,9H2,1-2H3,(H,24,25);1H3,(H,3,4). The first kappa shape index (κ1) is 22.5. The highest BCUT2D eigenvalue weighted by Crippen LogP contribution is 2.42. The van der Waals surface area contributed by atoms with Crippen LogP contribution in [-0.4, -0.2) is 71.2 Å². The number of carboxylic acid groups (broad SMARTS) is 2. The number of pyridine rings is 1. The predicted molar refractivity (Wildman–Crippen MR) is 110 cm³/mol. The van der Waals surface area contributed by atoms with Gasteiger partial charge in [0.2, 0.25) is 5.43 Å². The van der Waals surface area contributed by atoms with Crippen LogP contribution in [0.5, 0.6) is 5.75 Å². The molecule has 0 radical (unpaired) electrons. The van der Waals surface area contributed by atoms with Crippen molar-refractivity contribution in [3.8, 4) is 5.75 Å². The number of carbonyl (C=O) groups is 2. The molecule has 2 aromatic rings. The lowest BCUT2D eigenvalue weighted by atomic mass is 10.1. The van der Waals surface area contributed by atoms with Crippen LogP contribution in [0.1, 0.15) is 30.2 Å². The molecule has 0 amide bonds. The van der Waals surface area contributed by atoms with E-state index in [4.69, 9.17) is 14.6 Å². The topological polar surface area (TPSA) is 132 Å². The number of benzene rings is 1. The number of anilines is 1. The summed E-state index contributed by atoms with van der Waals surface area (Å²) in [5.41, 5.74) is -0.511. The third-order valence-corrected chi connectivity index (χ3v) is 5.37. The number of hydrogen-bond donors (Lipinski definition) is 2. The Hall–Kier alpha value is -3.18. The van der Waals surface area contributed by atoms with E-state index in [0.717, 1.165) is 13.0 Å². The zero-order valence-electron chi connectivity index (χ0n) is 17.4. The van der Waals surface area contributed by atoms with Crippen LogP contribution in [0.15, 0.2) is 17.1 Å². The second kappa shape index (κ2) is 8.16. The molecule has 0 saturated carbocycles. The van der Waals surface area contributed by atoms with Gasteiger partial charge in [0.05, 0.1) is 50.2 Å². The number of aromatic nitrogens is 1. The molecule has 10 nitrogen and oxygen atoms in total. The summed E-state index contributed by atoms with van der Waals surface area (Å²) in [6, 6.07) is 0.876. The maximum Gasteiger partial charge on any atom is 0.341 e. The first-order valence-corrected chi connectivity index (χ1v) is 9.70. The fourth-order valence-electron chi connectivity index (χ4n) is 3.77. The minimum absolute atomic E-state index is 0.0147. The first-order valence-electron chi connectivity index (χ1n) is 9.70. The minimum Gasteiger partial charge on any atom is -0.633 e. The molecule has 2 aliphatic rings. The summed E-state index contributed by atoms with van der Waals surface area (Å²) in [4.78, 5) is 34.8. The molecule has 1 atom stereocenters. The quantitative estimate of drug-likeness (QED) is 0.535. The molecule has 1 aromatic heterocycles. The van der Waals surface area contributed by atoms with Gasteiger partial charge < -0.3 is 34.3 Å². The number of carboxylic acids is 2. The summed E-state index contributed by atoms with van der Waals surface area (Å²) in [5.74, 6) is -2.60. The predicted octanol–water partition coefficient (Wildman–Crippen LogP) is 1.65. The van der Waals surface area contributed by atoms with Crippen molar-refractivity contribution in [3.63, 3.8) is 0 Å². The Balaban J connectivity index is 0.000000628. The van der Waals surface area contributed by atoms with E-state index in [1.54, 1.807) is 16.5 Å². The second-order valence-corrected chi connectivity index (χ2v) is 7.93. The van der Waals surface area contributed by atoms with Gasteiger partial charge in [-0.15, -0.1) is 0 Å². The zero-order chi connectivity index (χ0) is 23.1. The Kier molecular flexibility index (Phi) is 5.92. The average molecular weight is 437 g/mol. The van der Waals surface area contributed by atoms with Crippen LogP contribution in [0.25, 0.3) is 10.9 Å². The lowest BCUT2D eigenvalue weighted by Crippen LogP contribution is -2.54. The molecule has 4 rings (SSSR count). The highest BCUT2D eigenvalue weighted by atomic mass is 19.1. The molecule has 0 aliphatic carbocycles. The van der Waals surface area contributed by atoms with E-state index in [9.17, 15) is 19.9 Å². The molecule has 1 saturated heterocycles. The Morgan fingerprint density at radius 3 is 2.42 bits per heavy atom. The summed E-state index contributed by atoms with van der Waals surface area (Å²) in [6.45, 7) is 4.51. The third kappa shape index (κ3) is 4.32. The van der Waals surface area contributed by atoms with Crippen LogP contribution < -0.4 is 15.1 Å². The Morgan fingerprint density at radius 2 is 1.87 bits per heavy atom. The normalized spacial score (nSPS) is 19.3. The van der Waals surface area contributed by atoms with Crippen molar-refractivity contribution in [2.24, 2.45) is 0 Å². The van der Waals surface area contributed by atoms with E-state index < -0.39 is 28.7 Å². The van der Waals surface area contributed by atoms with Crippen molar-refractivity contribution in [1.29, 1.82) is 0 Å². The van der Waals surface area contributed by atoms with Crippen LogP contribution >= 0.6 is 0 Å². The number of hydroxylamine groups is 3. The summed E-state index contributed by atoms with van der Waals surface area (Å²) in [5, 5.41) is 28.8. The van der Waals surface area contributed by atoms with E-state index in [1.807, 2.05) is 6.92 Å². The molecule has 1 fully saturated rings. The lowest BCUT2D eigenvalue weighted by Gasteiger charge is -2.46. The van der Waals surface area contributed by atoms with E-state index in [2.05, 4.69) is 0 Å². The Labute approximate surface area is 176 Å². The maximum atomic E-state index is 15.0. The minimum atomic E-state index is -1.35. The van der Waals surface area contributed by atoms with Crippen molar-refractivity contribution in [1.82, 2.24) is 4.57 Å². The number of nitrogens with zero attached hydrogens (tertiary/aromatic N) is 3. The molecule has 0 bridgehead atoms. The number of aliphatic carboxylic acids is 1. The van der Waals surface area contributed by atoms with Gasteiger partial charge in [0.15, 0.2) is 11.6 Å². The van der Waals surface area contributed by atoms with Gasteiger partial charge in [0.25, 0.3) is 5.97 Å². The van der Waals surface area contributed by atoms with E-state index >= 15 is 4.39 Å². The monoisotopic (exact) mass is 437 g/mol. The highest BCUT2D eigenvalue weighted by Gasteiger charge is 2.32. The third-order valence-electron chi connectivity index (χ3n) is 5.37. The molecular formula is C20H24FN3O7. The molecule has 2 N–H and O–H groups in total. The van der Waals surface area contributed by atoms with Gasteiger partial charge in [0, 0.05) is 13.1 Å². The van der Waals surface area contributed by atoms with Crippen molar-refractivity contribution in [2.45, 2.75) is 19.9 Å². The molecule has 1 unspecified atom stereocenters. The Bertz CT molecular complexity index is 1100. The largest absolute Gasteiger partial charge is 0.633 e. The van der Waals surface area contributed by atoms with Crippen LogP contribution in [0, 0.1) is 11.0 Å². The van der Waals surface area contributed by atoms with Gasteiger partial charge in [-0.1, -0.05) is 0 Å². The van der Waals surface area contributed by atoms with Crippen LogP contribution in [0.3, 0.4) is 0 Å². The maximum absolute atomic E-state index is 15.0. The molecule has 2 aliphatic heterocycles. The number of piperazine rings is 1. The van der Waals surface area contributed by atoms with Crippen LogP contribution in [0.2, 0.25) is 0 Å². The van der Waals surface area contributed by atoms with E-state index in [1.165, 1.54) is 6.20 Å².